The molecule has 45 heavy (non-hydrogen) atoms. The molecule has 256 valence electrons. The van der Waals surface area contributed by atoms with Crippen LogP contribution in [0.2, 0.25) is 0 Å². The van der Waals surface area contributed by atoms with Gasteiger partial charge in [-0.05, 0) is 99.7 Å². The lowest BCUT2D eigenvalue weighted by Crippen LogP contribution is -2.17. The van der Waals surface area contributed by atoms with Crippen molar-refractivity contribution in [1.82, 2.24) is 0 Å². The van der Waals surface area contributed by atoms with Gasteiger partial charge in [-0.15, -0.1) is 0 Å². The number of rotatable bonds is 21. The third kappa shape index (κ3) is 16.8. The van der Waals surface area contributed by atoms with Crippen LogP contribution in [0.5, 0.6) is 0 Å². The monoisotopic (exact) mass is 625 g/mol. The molecule has 0 aromatic heterocycles. The van der Waals surface area contributed by atoms with E-state index in [0.29, 0.717) is 18.3 Å². The molecule has 1 aromatic carbocycles. The van der Waals surface area contributed by atoms with E-state index in [2.05, 4.69) is 86.2 Å². The minimum Gasteiger partial charge on any atom is -0.359 e. The van der Waals surface area contributed by atoms with Crippen LogP contribution in [0.15, 0.2) is 84.0 Å². The van der Waals surface area contributed by atoms with Crippen molar-refractivity contribution < 1.29 is 15.3 Å². The molecular formula is C42H69FO2. The first kappa shape index (κ1) is 40.8. The van der Waals surface area contributed by atoms with Crippen molar-refractivity contribution in [2.75, 3.05) is 21.0 Å². The summed E-state index contributed by atoms with van der Waals surface area (Å²) in [4.78, 5) is 0. The number of alkyl halides is 1. The lowest BCUT2D eigenvalue weighted by molar-refractivity contribution is -0.00272. The van der Waals surface area contributed by atoms with Crippen molar-refractivity contribution in [1.29, 1.82) is 0 Å². The van der Waals surface area contributed by atoms with Crippen molar-refractivity contribution >= 4 is 0 Å². The number of methoxy groups -OCH3 is 2. The summed E-state index contributed by atoms with van der Waals surface area (Å²) in [5.74, 6) is 1.40. The largest absolute Gasteiger partial charge is 0.359 e. The highest BCUT2D eigenvalue weighted by Crippen LogP contribution is 2.33. The molecule has 2 nitrogen and oxygen atoms in total. The zero-order chi connectivity index (χ0) is 33.7. The molecule has 2 rings (SSSR count). The van der Waals surface area contributed by atoms with Crippen LogP contribution in [-0.2, 0) is 21.3 Å². The molecule has 1 aromatic rings. The first-order valence-electron chi connectivity index (χ1n) is 17.6. The maximum atomic E-state index is 14.3. The van der Waals surface area contributed by atoms with E-state index in [0.717, 1.165) is 24.3 Å². The molecule has 3 heteroatoms. The average molecular weight is 625 g/mol. The molecule has 0 bridgehead atoms. The van der Waals surface area contributed by atoms with Crippen molar-refractivity contribution in [3.8, 4) is 0 Å². The predicted molar refractivity (Wildman–Crippen MR) is 198 cm³/mol. The van der Waals surface area contributed by atoms with Crippen LogP contribution >= 0.6 is 0 Å². The Hall–Kier alpha value is -2.23. The Balaban J connectivity index is 0.00000312. The van der Waals surface area contributed by atoms with Crippen molar-refractivity contribution in [2.24, 2.45) is 11.8 Å². The van der Waals surface area contributed by atoms with Crippen LogP contribution in [0.1, 0.15) is 132 Å². The van der Waals surface area contributed by atoms with Gasteiger partial charge in [-0.1, -0.05) is 138 Å². The summed E-state index contributed by atoms with van der Waals surface area (Å²) in [6, 6.07) is 9.50. The molecule has 0 saturated heterocycles. The molecule has 2 unspecified atom stereocenters. The Labute approximate surface area is 279 Å². The van der Waals surface area contributed by atoms with E-state index >= 15 is 0 Å². The highest BCUT2D eigenvalue weighted by Gasteiger charge is 2.22. The number of benzene rings is 1. The first-order chi connectivity index (χ1) is 21.4. The summed E-state index contributed by atoms with van der Waals surface area (Å²) in [6.07, 6.45) is 27.2. The summed E-state index contributed by atoms with van der Waals surface area (Å²) >= 11 is 0. The Bertz CT molecular complexity index is 1070. The summed E-state index contributed by atoms with van der Waals surface area (Å²) < 4.78 is 23.3. The quantitative estimate of drug-likeness (QED) is 0.100. The second-order valence-electron chi connectivity index (χ2n) is 14.0. The van der Waals surface area contributed by atoms with E-state index in [-0.39, 0.29) is 6.84 Å². The van der Waals surface area contributed by atoms with Crippen molar-refractivity contribution in [3.63, 3.8) is 0 Å². The van der Waals surface area contributed by atoms with Crippen LogP contribution in [0.25, 0.3) is 0 Å². The number of halogens is 1. The molecule has 1 aliphatic rings. The number of allylic oxidation sites excluding steroid dienone is 9. The van der Waals surface area contributed by atoms with E-state index in [1.807, 2.05) is 25.2 Å². The Kier molecular flexibility index (Phi) is 20.2. The second kappa shape index (κ2) is 22.3. The fourth-order valence-corrected chi connectivity index (χ4v) is 6.44. The molecule has 0 radical (unpaired) electrons. The summed E-state index contributed by atoms with van der Waals surface area (Å²) in [5, 5.41) is 0. The van der Waals surface area contributed by atoms with Gasteiger partial charge in [-0.2, -0.15) is 0 Å². The van der Waals surface area contributed by atoms with Gasteiger partial charge in [0, 0.05) is 15.6 Å². The number of aryl methyl sites for hydroxylation is 1. The van der Waals surface area contributed by atoms with Crippen LogP contribution in [0, 0.1) is 11.8 Å². The number of hydrogen-bond donors (Lipinski definition) is 0. The van der Waals surface area contributed by atoms with Crippen molar-refractivity contribution in [2.45, 2.75) is 137 Å². The van der Waals surface area contributed by atoms with Gasteiger partial charge >= 0.3 is 0 Å². The van der Waals surface area contributed by atoms with Gasteiger partial charge in [0.05, 0.1) is 0 Å². The first-order valence-corrected chi connectivity index (χ1v) is 17.6. The second-order valence-corrected chi connectivity index (χ2v) is 14.0. The maximum absolute atomic E-state index is 14.3. The zero-order valence-corrected chi connectivity index (χ0v) is 30.5. The highest BCUT2D eigenvalue weighted by atomic mass is 19.1. The standard InChI is InChI=1S/C39H59F.C3H8O2.H2/c1-9-16-33(30-31(4)23-26-36(11-3)39(7,8)40)19-15-29-38(5,6)37-27-24-32(25-28-37)18-14-22-34(17-10-2)35-20-12-13-21-35;1-4-3-5-2;/h11-13,20,23-28,33-34H,4,9-10,14-19,21-22,29-30H2,1-3,5-8H3;3H2,1-2H3;1H/b26-23-,36-11+;;. The molecule has 1 aliphatic carbocycles. The fourth-order valence-electron chi connectivity index (χ4n) is 6.44. The van der Waals surface area contributed by atoms with Gasteiger partial charge in [0.1, 0.15) is 12.5 Å². The van der Waals surface area contributed by atoms with Gasteiger partial charge in [0.25, 0.3) is 0 Å². The summed E-state index contributed by atoms with van der Waals surface area (Å²) in [5.41, 5.74) is 5.25. The van der Waals surface area contributed by atoms with E-state index in [4.69, 9.17) is 0 Å². The molecule has 2 atom stereocenters. The van der Waals surface area contributed by atoms with Gasteiger partial charge < -0.3 is 9.47 Å². The molecule has 0 N–H and O–H groups in total. The lowest BCUT2D eigenvalue weighted by atomic mass is 9.78. The lowest BCUT2D eigenvalue weighted by Gasteiger charge is -2.27. The summed E-state index contributed by atoms with van der Waals surface area (Å²) in [6.45, 7) is 19.2. The predicted octanol–water partition coefficient (Wildman–Crippen LogP) is 12.9. The number of ether oxygens (including phenoxy) is 2. The zero-order valence-electron chi connectivity index (χ0n) is 30.5. The topological polar surface area (TPSA) is 18.5 Å². The molecule has 0 amide bonds. The SMILES string of the molecule is C=C(/C=C\C(=C/C)C(C)(C)F)CC(CCC)CCCC(C)(C)c1ccc(CCCC(CCC)C2=CC=CC2)cc1.COCOC.[HH]. The minimum absolute atomic E-state index is 0. The molecule has 0 spiro atoms. The van der Waals surface area contributed by atoms with Crippen LogP contribution < -0.4 is 0 Å². The van der Waals surface area contributed by atoms with Gasteiger partial charge in [-0.3, -0.25) is 0 Å². The van der Waals surface area contributed by atoms with E-state index in [9.17, 15) is 4.39 Å². The van der Waals surface area contributed by atoms with Crippen LogP contribution in [-0.4, -0.2) is 26.7 Å². The third-order valence-electron chi connectivity index (χ3n) is 9.11. The molecule has 0 aliphatic heterocycles. The average Bonchev–Trinajstić information content (AvgIpc) is 3.52. The molecular weight excluding hydrogens is 555 g/mol. The van der Waals surface area contributed by atoms with Crippen molar-refractivity contribution in [3.05, 3.63) is 95.1 Å². The Morgan fingerprint density at radius 3 is 2.13 bits per heavy atom. The third-order valence-corrected chi connectivity index (χ3v) is 9.11. The highest BCUT2D eigenvalue weighted by molar-refractivity contribution is 5.32. The summed E-state index contributed by atoms with van der Waals surface area (Å²) in [7, 11) is 3.17. The maximum Gasteiger partial charge on any atom is 0.145 e. The van der Waals surface area contributed by atoms with E-state index < -0.39 is 5.67 Å². The minimum atomic E-state index is -1.32. The Morgan fingerprint density at radius 2 is 1.62 bits per heavy atom. The van der Waals surface area contributed by atoms with E-state index in [1.54, 1.807) is 33.6 Å². The van der Waals surface area contributed by atoms with E-state index in [1.165, 1.54) is 75.3 Å². The van der Waals surface area contributed by atoms with Gasteiger partial charge in [0.15, 0.2) is 0 Å². The smallest absolute Gasteiger partial charge is 0.145 e. The van der Waals surface area contributed by atoms with Gasteiger partial charge in [-0.25, -0.2) is 4.39 Å². The molecule has 0 heterocycles. The normalized spacial score (nSPS) is 15.2. The number of hydrogen-bond acceptors (Lipinski definition) is 2. The molecule has 0 saturated carbocycles. The van der Waals surface area contributed by atoms with Crippen LogP contribution in [0.4, 0.5) is 4.39 Å². The molecule has 0 fully saturated rings. The van der Waals surface area contributed by atoms with Crippen LogP contribution in [0.3, 0.4) is 0 Å². The Morgan fingerprint density at radius 1 is 0.956 bits per heavy atom. The van der Waals surface area contributed by atoms with Gasteiger partial charge in [0.2, 0.25) is 0 Å². The fraction of sp³-hybridized carbons (Fsp3) is 0.619.